The van der Waals surface area contributed by atoms with E-state index in [-0.39, 0.29) is 48.6 Å². The summed E-state index contributed by atoms with van der Waals surface area (Å²) in [6.07, 6.45) is -0.151. The number of nitro groups is 1. The smallest absolute Gasteiger partial charge is 0.353 e. The third kappa shape index (κ3) is 3.52. The summed E-state index contributed by atoms with van der Waals surface area (Å²) in [5.41, 5.74) is 5.41. The molecule has 10 nitrogen and oxygen atoms in total. The summed E-state index contributed by atoms with van der Waals surface area (Å²) < 4.78 is 5.63. The molecule has 2 heterocycles. The predicted molar refractivity (Wildman–Crippen MR) is 80.9 cm³/mol. The summed E-state index contributed by atoms with van der Waals surface area (Å²) in [7, 11) is 0. The van der Waals surface area contributed by atoms with Crippen LogP contribution in [0.2, 0.25) is 0 Å². The quantitative estimate of drug-likeness (QED) is 0.505. The topological polar surface area (TPSA) is 140 Å². The van der Waals surface area contributed by atoms with E-state index >= 15 is 0 Å². The fourth-order valence-electron chi connectivity index (χ4n) is 2.45. The Kier molecular flexibility index (Phi) is 4.93. The van der Waals surface area contributed by atoms with Crippen LogP contribution >= 0.6 is 0 Å². The molecule has 1 aliphatic rings. The summed E-state index contributed by atoms with van der Waals surface area (Å²) in [5, 5.41) is 22.9. The molecule has 0 bridgehead atoms. The first-order chi connectivity index (χ1) is 10.4. The second-order valence-electron chi connectivity index (χ2n) is 5.17. The Bertz CT molecular complexity index is 545. The second kappa shape index (κ2) is 6.71. The van der Waals surface area contributed by atoms with Crippen LogP contribution in [0.4, 0.5) is 23.3 Å². The maximum absolute atomic E-state index is 11.3. The van der Waals surface area contributed by atoms with E-state index in [0.29, 0.717) is 13.1 Å². The van der Waals surface area contributed by atoms with Crippen LogP contribution < -0.4 is 16.0 Å². The fraction of sp³-hybridized carbons (Fsp3) is 0.667. The van der Waals surface area contributed by atoms with Crippen LogP contribution in [0.3, 0.4) is 0 Å². The second-order valence-corrected chi connectivity index (χ2v) is 5.17. The first-order valence-corrected chi connectivity index (χ1v) is 6.99. The number of aliphatic hydroxyl groups is 1. The molecular weight excluding hydrogens is 292 g/mol. The lowest BCUT2D eigenvalue weighted by Gasteiger charge is -2.35. The van der Waals surface area contributed by atoms with Crippen molar-refractivity contribution in [2.75, 3.05) is 42.2 Å². The average Bonchev–Trinajstić information content (AvgIpc) is 2.42. The highest BCUT2D eigenvalue weighted by molar-refractivity contribution is 5.71. The van der Waals surface area contributed by atoms with E-state index < -0.39 is 4.92 Å². The van der Waals surface area contributed by atoms with Crippen LogP contribution in [0.5, 0.6) is 0 Å². The molecule has 4 N–H and O–H groups in total. The van der Waals surface area contributed by atoms with Crippen molar-refractivity contribution in [3.8, 4) is 0 Å². The molecule has 1 aliphatic heterocycles. The van der Waals surface area contributed by atoms with E-state index in [1.807, 2.05) is 13.8 Å². The zero-order valence-electron chi connectivity index (χ0n) is 12.5. The lowest BCUT2D eigenvalue weighted by molar-refractivity contribution is -0.383. The maximum atomic E-state index is 11.3. The Hall–Kier alpha value is -2.20. The molecule has 0 aliphatic carbocycles. The van der Waals surface area contributed by atoms with Gasteiger partial charge in [0.25, 0.3) is 0 Å². The zero-order valence-corrected chi connectivity index (χ0v) is 12.5. The lowest BCUT2D eigenvalue weighted by atomic mass is 10.2. The molecule has 122 valence electrons. The van der Waals surface area contributed by atoms with Gasteiger partial charge in [0, 0.05) is 19.6 Å². The number of hydrogen-bond acceptors (Lipinski definition) is 9. The minimum atomic E-state index is -0.578. The molecule has 1 saturated heterocycles. The van der Waals surface area contributed by atoms with Gasteiger partial charge in [0.15, 0.2) is 0 Å². The highest BCUT2D eigenvalue weighted by Gasteiger charge is 2.31. The van der Waals surface area contributed by atoms with Gasteiger partial charge in [-0.15, -0.1) is 0 Å². The van der Waals surface area contributed by atoms with Gasteiger partial charge in [-0.2, -0.15) is 9.97 Å². The number of ether oxygens (including phenoxy) is 1. The van der Waals surface area contributed by atoms with Gasteiger partial charge in [0.2, 0.25) is 17.6 Å². The van der Waals surface area contributed by atoms with Crippen molar-refractivity contribution in [1.29, 1.82) is 0 Å². The number of nitrogens with two attached hydrogens (primary N) is 1. The van der Waals surface area contributed by atoms with Gasteiger partial charge in [-0.3, -0.25) is 10.1 Å². The van der Waals surface area contributed by atoms with Crippen molar-refractivity contribution >= 4 is 23.3 Å². The Morgan fingerprint density at radius 2 is 2.09 bits per heavy atom. The van der Waals surface area contributed by atoms with Crippen molar-refractivity contribution < 1.29 is 14.8 Å². The summed E-state index contributed by atoms with van der Waals surface area (Å²) >= 11 is 0. The number of nitrogen functional groups attached to an aromatic ring is 1. The maximum Gasteiger partial charge on any atom is 0.353 e. The van der Waals surface area contributed by atoms with Crippen molar-refractivity contribution in [3.05, 3.63) is 10.1 Å². The standard InChI is InChI=1S/C12H20N6O4/c1-7-5-17(6-8(2)22-7)11-9(18(20)21)10(13)15-12(16-11)14-3-4-19/h7-8,19H,3-6H2,1-2H3,(H3,13,14,15,16)/t7-,8-/m0/s1. The Morgan fingerprint density at radius 3 is 2.64 bits per heavy atom. The lowest BCUT2D eigenvalue weighted by Crippen LogP contribution is -2.46. The number of nitrogens with one attached hydrogen (secondary N) is 1. The molecule has 2 atom stereocenters. The van der Waals surface area contributed by atoms with Crippen molar-refractivity contribution in [2.24, 2.45) is 0 Å². The molecule has 1 aromatic heterocycles. The minimum absolute atomic E-state index is 0.0756. The Labute approximate surface area is 127 Å². The van der Waals surface area contributed by atoms with E-state index in [9.17, 15) is 10.1 Å². The third-order valence-electron chi connectivity index (χ3n) is 3.19. The molecular formula is C12H20N6O4. The number of aliphatic hydroxyl groups excluding tert-OH is 1. The van der Waals surface area contributed by atoms with Crippen molar-refractivity contribution in [2.45, 2.75) is 26.1 Å². The first-order valence-electron chi connectivity index (χ1n) is 6.99. The zero-order chi connectivity index (χ0) is 16.3. The molecule has 1 aromatic rings. The van der Waals surface area contributed by atoms with Gasteiger partial charge >= 0.3 is 5.69 Å². The number of rotatable bonds is 5. The monoisotopic (exact) mass is 312 g/mol. The molecule has 0 spiro atoms. The molecule has 0 unspecified atom stereocenters. The number of aromatic nitrogens is 2. The van der Waals surface area contributed by atoms with E-state index in [1.54, 1.807) is 4.90 Å². The molecule has 0 saturated carbocycles. The summed E-state index contributed by atoms with van der Waals surface area (Å²) in [5.74, 6) is 0.112. The van der Waals surface area contributed by atoms with Crippen molar-refractivity contribution in [3.63, 3.8) is 0 Å². The summed E-state index contributed by atoms with van der Waals surface area (Å²) in [6, 6.07) is 0. The molecule has 1 fully saturated rings. The van der Waals surface area contributed by atoms with E-state index in [0.717, 1.165) is 0 Å². The average molecular weight is 312 g/mol. The van der Waals surface area contributed by atoms with Crippen LogP contribution in [0.1, 0.15) is 13.8 Å². The predicted octanol–water partition coefficient (Wildman–Crippen LogP) is -0.0152. The van der Waals surface area contributed by atoms with Crippen LogP contribution in [-0.2, 0) is 4.74 Å². The van der Waals surface area contributed by atoms with Gasteiger partial charge in [-0.25, -0.2) is 0 Å². The van der Waals surface area contributed by atoms with Gasteiger partial charge in [-0.05, 0) is 13.8 Å². The molecule has 10 heteroatoms. The third-order valence-corrected chi connectivity index (χ3v) is 3.19. The van der Waals surface area contributed by atoms with Crippen LogP contribution in [-0.4, -0.2) is 58.4 Å². The van der Waals surface area contributed by atoms with Crippen LogP contribution in [0.15, 0.2) is 0 Å². The largest absolute Gasteiger partial charge is 0.395 e. The highest BCUT2D eigenvalue weighted by Crippen LogP contribution is 2.33. The van der Waals surface area contributed by atoms with E-state index in [2.05, 4.69) is 15.3 Å². The van der Waals surface area contributed by atoms with Crippen LogP contribution in [0, 0.1) is 10.1 Å². The summed E-state index contributed by atoms with van der Waals surface area (Å²) in [6.45, 7) is 4.85. The molecule has 2 rings (SSSR count). The Morgan fingerprint density at radius 1 is 1.45 bits per heavy atom. The van der Waals surface area contributed by atoms with Crippen molar-refractivity contribution in [1.82, 2.24) is 9.97 Å². The minimum Gasteiger partial charge on any atom is -0.395 e. The number of anilines is 3. The van der Waals surface area contributed by atoms with E-state index in [4.69, 9.17) is 15.6 Å². The first kappa shape index (κ1) is 16.2. The number of nitrogens with zero attached hydrogens (tertiary/aromatic N) is 4. The molecule has 0 amide bonds. The summed E-state index contributed by atoms with van der Waals surface area (Å²) in [4.78, 5) is 20.6. The fourth-order valence-corrected chi connectivity index (χ4v) is 2.45. The van der Waals surface area contributed by atoms with Gasteiger partial charge in [0.05, 0.1) is 23.7 Å². The molecule has 0 aromatic carbocycles. The number of hydrogen-bond donors (Lipinski definition) is 3. The molecule has 0 radical (unpaired) electrons. The normalized spacial score (nSPS) is 21.7. The molecule has 22 heavy (non-hydrogen) atoms. The van der Waals surface area contributed by atoms with Gasteiger partial charge < -0.3 is 25.8 Å². The highest BCUT2D eigenvalue weighted by atomic mass is 16.6. The number of morpholine rings is 1. The van der Waals surface area contributed by atoms with Crippen LogP contribution in [0.25, 0.3) is 0 Å². The Balaban J connectivity index is 2.41. The SMILES string of the molecule is C[C@H]1CN(c2nc(NCCO)nc(N)c2[N+](=O)[O-])C[C@H](C)O1. The van der Waals surface area contributed by atoms with E-state index in [1.165, 1.54) is 0 Å². The van der Waals surface area contributed by atoms with Gasteiger partial charge in [0.1, 0.15) is 0 Å². The van der Waals surface area contributed by atoms with Gasteiger partial charge in [-0.1, -0.05) is 0 Å².